The average molecular weight is 417 g/mol. The number of aliphatic imine (C=N–C) groups is 1. The number of hydrogen-bond acceptors (Lipinski definition) is 10. The molecule has 4 heterocycles. The Morgan fingerprint density at radius 3 is 2.93 bits per heavy atom. The Bertz CT molecular complexity index is 1110. The van der Waals surface area contributed by atoms with Crippen LogP contribution in [-0.4, -0.2) is 56.5 Å². The summed E-state index contributed by atoms with van der Waals surface area (Å²) in [5.74, 6) is -0.140. The molecule has 4 atom stereocenters. The third kappa shape index (κ3) is 3.11. The second-order valence-corrected chi connectivity index (χ2v) is 7.93. The first kappa shape index (κ1) is 20.3. The van der Waals surface area contributed by atoms with Crippen LogP contribution in [0.3, 0.4) is 0 Å². The number of nitrogens with one attached hydrogen (secondary N) is 1. The highest BCUT2D eigenvalue weighted by atomic mass is 16.6. The van der Waals surface area contributed by atoms with Gasteiger partial charge >= 0.3 is 5.97 Å². The number of nitrogen functional groups attached to an aromatic ring is 1. The van der Waals surface area contributed by atoms with Gasteiger partial charge < -0.3 is 35.3 Å². The summed E-state index contributed by atoms with van der Waals surface area (Å²) in [6.07, 6.45) is -0.389. The number of esters is 1. The Morgan fingerprint density at radius 1 is 1.50 bits per heavy atom. The Hall–Kier alpha value is -3.02. The van der Waals surface area contributed by atoms with E-state index in [1.165, 1.54) is 23.9 Å². The molecule has 0 aromatic carbocycles. The molecule has 0 unspecified atom stereocenters. The quantitative estimate of drug-likeness (QED) is 0.512. The molecular weight excluding hydrogens is 394 g/mol. The highest BCUT2D eigenvalue weighted by molar-refractivity contribution is 6.10. The average Bonchev–Trinajstić information content (AvgIpc) is 3.12. The number of carbonyl (C=O) groups excluding carboxylic acids is 1. The molecule has 0 bridgehead atoms. The van der Waals surface area contributed by atoms with Crippen LogP contribution in [0.4, 0.5) is 17.3 Å². The van der Waals surface area contributed by atoms with Crippen molar-refractivity contribution in [1.82, 2.24) is 9.55 Å². The molecule has 30 heavy (non-hydrogen) atoms. The zero-order valence-electron chi connectivity index (χ0n) is 16.7. The third-order valence-corrected chi connectivity index (χ3v) is 5.31. The SMILES string of the molecule is CC(C)C(=O)OC[C@H]1O[C@@H](n2cc3c(N)cc(=O)nc4c3c2N=CN4)[C@](C)(O)[C@@H]1O. The second-order valence-electron chi connectivity index (χ2n) is 7.93. The minimum Gasteiger partial charge on any atom is -0.463 e. The van der Waals surface area contributed by atoms with Crippen molar-refractivity contribution in [1.29, 1.82) is 0 Å². The van der Waals surface area contributed by atoms with Crippen molar-refractivity contribution in [3.63, 3.8) is 0 Å². The van der Waals surface area contributed by atoms with E-state index in [1.807, 2.05) is 0 Å². The monoisotopic (exact) mass is 417 g/mol. The van der Waals surface area contributed by atoms with Gasteiger partial charge in [0.2, 0.25) is 0 Å². The zero-order chi connectivity index (χ0) is 21.8. The number of hydrogen-bond donors (Lipinski definition) is 4. The van der Waals surface area contributed by atoms with E-state index in [9.17, 15) is 19.8 Å². The molecule has 0 radical (unpaired) electrons. The van der Waals surface area contributed by atoms with E-state index in [0.29, 0.717) is 16.6 Å². The summed E-state index contributed by atoms with van der Waals surface area (Å²) in [4.78, 5) is 31.9. The van der Waals surface area contributed by atoms with E-state index >= 15 is 0 Å². The maximum Gasteiger partial charge on any atom is 0.308 e. The topological polar surface area (TPSA) is 161 Å². The third-order valence-electron chi connectivity index (χ3n) is 5.31. The number of carbonyl (C=O) groups is 1. The maximum atomic E-state index is 11.9. The van der Waals surface area contributed by atoms with E-state index < -0.39 is 35.6 Å². The molecule has 1 saturated heterocycles. The van der Waals surface area contributed by atoms with Crippen LogP contribution in [0, 0.1) is 5.92 Å². The van der Waals surface area contributed by atoms with Crippen LogP contribution in [0.1, 0.15) is 27.0 Å². The van der Waals surface area contributed by atoms with E-state index in [1.54, 1.807) is 20.0 Å². The number of aliphatic hydroxyl groups excluding tert-OH is 1. The van der Waals surface area contributed by atoms with Crippen molar-refractivity contribution in [2.24, 2.45) is 10.9 Å². The number of aromatic nitrogens is 2. The molecule has 0 saturated carbocycles. The van der Waals surface area contributed by atoms with Gasteiger partial charge in [-0.1, -0.05) is 13.8 Å². The maximum absolute atomic E-state index is 11.9. The fourth-order valence-electron chi connectivity index (χ4n) is 3.65. The molecule has 2 aliphatic rings. The number of ether oxygens (including phenoxy) is 2. The first-order valence-corrected chi connectivity index (χ1v) is 9.48. The second kappa shape index (κ2) is 7.04. The van der Waals surface area contributed by atoms with Crippen molar-refractivity contribution in [3.05, 3.63) is 22.6 Å². The van der Waals surface area contributed by atoms with Gasteiger partial charge in [-0.25, -0.2) is 4.99 Å². The molecule has 2 aromatic heterocycles. The van der Waals surface area contributed by atoms with Gasteiger partial charge in [-0.3, -0.25) is 9.59 Å². The fraction of sp³-hybridized carbons (Fsp3) is 0.474. The minimum absolute atomic E-state index is 0.188. The summed E-state index contributed by atoms with van der Waals surface area (Å²) >= 11 is 0. The molecular formula is C19H23N5O6. The minimum atomic E-state index is -1.73. The van der Waals surface area contributed by atoms with E-state index in [0.717, 1.165) is 0 Å². The van der Waals surface area contributed by atoms with Crippen LogP contribution in [0.25, 0.3) is 10.8 Å². The van der Waals surface area contributed by atoms with Gasteiger partial charge in [-0.15, -0.1) is 0 Å². The largest absolute Gasteiger partial charge is 0.463 e. The van der Waals surface area contributed by atoms with E-state index in [2.05, 4.69) is 15.3 Å². The van der Waals surface area contributed by atoms with E-state index in [-0.39, 0.29) is 24.0 Å². The lowest BCUT2D eigenvalue weighted by atomic mass is 9.96. The van der Waals surface area contributed by atoms with Crippen molar-refractivity contribution in [3.8, 4) is 0 Å². The van der Waals surface area contributed by atoms with Gasteiger partial charge in [0.1, 0.15) is 36.1 Å². The molecule has 1 fully saturated rings. The Balaban J connectivity index is 1.76. The van der Waals surface area contributed by atoms with Gasteiger partial charge in [-0.2, -0.15) is 4.98 Å². The lowest BCUT2D eigenvalue weighted by Crippen LogP contribution is -2.44. The number of aliphatic hydroxyl groups is 2. The standard InChI is InChI=1S/C19H23N5O6/c1-8(2)17(27)29-6-11-14(26)19(3,28)18(30-11)24-5-9-10(20)4-12(25)23-15-13(9)16(24)22-7-21-15/h4-5,7-8,11,14,18,26,28H,6,20H2,1-3H3,(H,21,22,23,25)/t11-,14-,18-,19-/m1/s1. The molecule has 11 heteroatoms. The van der Waals surface area contributed by atoms with Gasteiger partial charge in [0.05, 0.1) is 17.6 Å². The smallest absolute Gasteiger partial charge is 0.308 e. The van der Waals surface area contributed by atoms with Crippen molar-refractivity contribution in [2.75, 3.05) is 17.7 Å². The number of rotatable bonds is 4. The number of anilines is 2. The molecule has 5 N–H and O–H groups in total. The van der Waals surface area contributed by atoms with Gasteiger partial charge in [0, 0.05) is 23.3 Å². The highest BCUT2D eigenvalue weighted by Gasteiger charge is 2.54. The Kier molecular flexibility index (Phi) is 4.76. The Labute approximate surface area is 171 Å². The summed E-state index contributed by atoms with van der Waals surface area (Å²) in [6, 6.07) is 1.20. The van der Waals surface area contributed by atoms with Gasteiger partial charge in [0.15, 0.2) is 6.23 Å². The summed E-state index contributed by atoms with van der Waals surface area (Å²) in [5.41, 5.74) is 4.01. The summed E-state index contributed by atoms with van der Waals surface area (Å²) in [5, 5.41) is 25.4. The molecule has 160 valence electrons. The molecule has 0 aliphatic carbocycles. The Morgan fingerprint density at radius 2 is 2.23 bits per heavy atom. The van der Waals surface area contributed by atoms with Crippen molar-refractivity contribution in [2.45, 2.75) is 44.8 Å². The van der Waals surface area contributed by atoms with Crippen LogP contribution in [0.5, 0.6) is 0 Å². The van der Waals surface area contributed by atoms with E-state index in [4.69, 9.17) is 15.2 Å². The predicted molar refractivity (Wildman–Crippen MR) is 109 cm³/mol. The van der Waals surface area contributed by atoms with Crippen LogP contribution >= 0.6 is 0 Å². The first-order chi connectivity index (χ1) is 14.1. The first-order valence-electron chi connectivity index (χ1n) is 9.48. The number of nitrogens with zero attached hydrogens (tertiary/aromatic N) is 3. The molecule has 4 rings (SSSR count). The number of nitrogens with two attached hydrogens (primary N) is 1. The summed E-state index contributed by atoms with van der Waals surface area (Å²) < 4.78 is 12.6. The van der Waals surface area contributed by atoms with Crippen LogP contribution in [-0.2, 0) is 14.3 Å². The molecule has 2 aliphatic heterocycles. The fourth-order valence-corrected chi connectivity index (χ4v) is 3.65. The van der Waals surface area contributed by atoms with Gasteiger partial charge in [-0.05, 0) is 6.92 Å². The zero-order valence-corrected chi connectivity index (χ0v) is 16.7. The van der Waals surface area contributed by atoms with Crippen LogP contribution < -0.4 is 16.6 Å². The molecule has 0 amide bonds. The molecule has 0 spiro atoms. The normalized spacial score (nSPS) is 27.5. The van der Waals surface area contributed by atoms with Crippen LogP contribution in [0.2, 0.25) is 0 Å². The summed E-state index contributed by atoms with van der Waals surface area (Å²) in [6.45, 7) is 4.60. The molecule has 2 aromatic rings. The lowest BCUT2D eigenvalue weighted by Gasteiger charge is -2.28. The highest BCUT2D eigenvalue weighted by Crippen LogP contribution is 2.45. The van der Waals surface area contributed by atoms with Gasteiger partial charge in [0.25, 0.3) is 5.56 Å². The lowest BCUT2D eigenvalue weighted by molar-refractivity contribution is -0.153. The summed E-state index contributed by atoms with van der Waals surface area (Å²) in [7, 11) is 0. The van der Waals surface area contributed by atoms with Crippen molar-refractivity contribution >= 4 is 40.4 Å². The molecule has 11 nitrogen and oxygen atoms in total. The predicted octanol–water partition coefficient (Wildman–Crippen LogP) is 0.272. The van der Waals surface area contributed by atoms with Crippen molar-refractivity contribution < 1.29 is 24.5 Å². The van der Waals surface area contributed by atoms with Crippen LogP contribution in [0.15, 0.2) is 22.1 Å².